The van der Waals surface area contributed by atoms with E-state index in [2.05, 4.69) is 4.98 Å². The van der Waals surface area contributed by atoms with Gasteiger partial charge in [-0.15, -0.1) is 11.3 Å². The average molecular weight is 310 g/mol. The molecule has 0 amide bonds. The Bertz CT molecular complexity index is 668. The van der Waals surface area contributed by atoms with Crippen LogP contribution in [-0.2, 0) is 0 Å². The van der Waals surface area contributed by atoms with Gasteiger partial charge in [0, 0.05) is 24.3 Å². The fourth-order valence-corrected chi connectivity index (χ4v) is 3.03. The van der Waals surface area contributed by atoms with Gasteiger partial charge in [-0.25, -0.2) is 4.98 Å². The summed E-state index contributed by atoms with van der Waals surface area (Å²) in [6.07, 6.45) is 0.825. The second kappa shape index (κ2) is 5.42. The third kappa shape index (κ3) is 2.51. The molecule has 0 saturated carbocycles. The highest BCUT2D eigenvalue weighted by atomic mass is 35.5. The number of fused-ring (bicyclic) bond motifs is 1. The van der Waals surface area contributed by atoms with Crippen LogP contribution in [0.5, 0.6) is 11.5 Å². The van der Waals surface area contributed by atoms with Crippen LogP contribution in [0.4, 0.5) is 0 Å². The summed E-state index contributed by atoms with van der Waals surface area (Å²) in [6, 6.07) is 3.65. The first-order chi connectivity index (χ1) is 9.65. The van der Waals surface area contributed by atoms with Crippen molar-refractivity contribution in [2.45, 2.75) is 13.3 Å². The normalized spacial score (nSPS) is 13.9. The summed E-state index contributed by atoms with van der Waals surface area (Å²) < 4.78 is 11.2. The Morgan fingerprint density at radius 1 is 1.35 bits per heavy atom. The Balaban J connectivity index is 2.03. The molecule has 3 rings (SSSR count). The van der Waals surface area contributed by atoms with Crippen molar-refractivity contribution in [3.8, 4) is 22.1 Å². The van der Waals surface area contributed by atoms with Crippen LogP contribution >= 0.6 is 22.9 Å². The first-order valence-corrected chi connectivity index (χ1v) is 7.47. The third-order valence-corrected chi connectivity index (χ3v) is 4.09. The molecule has 0 N–H and O–H groups in total. The molecule has 6 heteroatoms. The molecule has 0 unspecified atom stereocenters. The van der Waals surface area contributed by atoms with E-state index in [1.54, 1.807) is 11.4 Å². The first kappa shape index (κ1) is 13.4. The summed E-state index contributed by atoms with van der Waals surface area (Å²) in [6.45, 7) is 2.70. The van der Waals surface area contributed by atoms with E-state index in [-0.39, 0.29) is 5.78 Å². The smallest absolute Gasteiger partial charge is 0.179 e. The van der Waals surface area contributed by atoms with E-state index >= 15 is 0 Å². The predicted molar refractivity (Wildman–Crippen MR) is 78.2 cm³/mol. The van der Waals surface area contributed by atoms with Crippen LogP contribution in [0, 0.1) is 0 Å². The van der Waals surface area contributed by atoms with E-state index in [0.717, 1.165) is 17.0 Å². The van der Waals surface area contributed by atoms with Gasteiger partial charge in [-0.3, -0.25) is 4.79 Å². The van der Waals surface area contributed by atoms with E-state index in [9.17, 15) is 4.79 Å². The van der Waals surface area contributed by atoms with Gasteiger partial charge in [-0.1, -0.05) is 11.6 Å². The van der Waals surface area contributed by atoms with Gasteiger partial charge >= 0.3 is 0 Å². The number of benzene rings is 1. The number of thiazole rings is 1. The van der Waals surface area contributed by atoms with Gasteiger partial charge in [-0.2, -0.15) is 0 Å². The molecular weight excluding hydrogens is 298 g/mol. The van der Waals surface area contributed by atoms with Crippen LogP contribution in [-0.4, -0.2) is 24.0 Å². The molecule has 4 nitrogen and oxygen atoms in total. The van der Waals surface area contributed by atoms with Gasteiger partial charge in [-0.05, 0) is 12.1 Å². The third-order valence-electron chi connectivity index (χ3n) is 2.91. The minimum Gasteiger partial charge on any atom is -0.489 e. The summed E-state index contributed by atoms with van der Waals surface area (Å²) in [5, 5.41) is 2.99. The van der Waals surface area contributed by atoms with Crippen LogP contribution in [0.15, 0.2) is 17.5 Å². The standard InChI is InChI=1S/C14H12ClNO3S/c1-8(17)11-7-20-14(16-11)9-5-10(15)13-12(6-9)18-3-2-4-19-13/h5-7H,2-4H2,1H3. The van der Waals surface area contributed by atoms with Crippen LogP contribution in [0.1, 0.15) is 23.8 Å². The van der Waals surface area contributed by atoms with Crippen molar-refractivity contribution < 1.29 is 14.3 Å². The summed E-state index contributed by atoms with van der Waals surface area (Å²) in [5.74, 6) is 1.16. The van der Waals surface area contributed by atoms with Crippen molar-refractivity contribution in [2.75, 3.05) is 13.2 Å². The zero-order valence-corrected chi connectivity index (χ0v) is 12.4. The maximum absolute atomic E-state index is 11.3. The van der Waals surface area contributed by atoms with Gasteiger partial charge in [0.25, 0.3) is 0 Å². The largest absolute Gasteiger partial charge is 0.489 e. The number of ether oxygens (including phenoxy) is 2. The summed E-state index contributed by atoms with van der Waals surface area (Å²) >= 11 is 7.65. The fraction of sp³-hybridized carbons (Fsp3) is 0.286. The van der Waals surface area contributed by atoms with Gasteiger partial charge in [0.05, 0.1) is 18.2 Å². The number of ketones is 1. The molecule has 1 aromatic heterocycles. The van der Waals surface area contributed by atoms with Crippen LogP contribution < -0.4 is 9.47 Å². The molecule has 2 heterocycles. The SMILES string of the molecule is CC(=O)c1csc(-c2cc(Cl)c3c(c2)OCCCO3)n1. The van der Waals surface area contributed by atoms with Gasteiger partial charge in [0.1, 0.15) is 10.7 Å². The predicted octanol–water partition coefficient (Wildman–Crippen LogP) is 3.83. The Labute approximate surface area is 125 Å². The number of carbonyl (C=O) groups is 1. The number of carbonyl (C=O) groups excluding carboxylic acids is 1. The second-order valence-corrected chi connectivity index (χ2v) is 5.70. The van der Waals surface area contributed by atoms with Crippen molar-refractivity contribution in [1.82, 2.24) is 4.98 Å². The lowest BCUT2D eigenvalue weighted by Gasteiger charge is -2.10. The van der Waals surface area contributed by atoms with E-state index in [1.165, 1.54) is 18.3 Å². The van der Waals surface area contributed by atoms with Crippen molar-refractivity contribution in [2.24, 2.45) is 0 Å². The monoisotopic (exact) mass is 309 g/mol. The Morgan fingerprint density at radius 2 is 2.15 bits per heavy atom. The lowest BCUT2D eigenvalue weighted by Crippen LogP contribution is -1.97. The molecule has 104 valence electrons. The Morgan fingerprint density at radius 3 is 2.90 bits per heavy atom. The number of hydrogen-bond acceptors (Lipinski definition) is 5. The molecule has 0 atom stereocenters. The van der Waals surface area contributed by atoms with Crippen molar-refractivity contribution in [1.29, 1.82) is 0 Å². The average Bonchev–Trinajstić information content (AvgIpc) is 2.79. The van der Waals surface area contributed by atoms with Gasteiger partial charge in [0.2, 0.25) is 0 Å². The zero-order chi connectivity index (χ0) is 14.1. The van der Waals surface area contributed by atoms with Crippen molar-refractivity contribution in [3.05, 3.63) is 28.2 Å². The van der Waals surface area contributed by atoms with E-state index in [1.807, 2.05) is 6.07 Å². The number of nitrogens with zero attached hydrogens (tertiary/aromatic N) is 1. The molecule has 20 heavy (non-hydrogen) atoms. The highest BCUT2D eigenvalue weighted by Gasteiger charge is 2.18. The molecule has 0 aliphatic carbocycles. The van der Waals surface area contributed by atoms with Crippen LogP contribution in [0.2, 0.25) is 5.02 Å². The molecule has 0 bridgehead atoms. The number of aromatic nitrogens is 1. The zero-order valence-electron chi connectivity index (χ0n) is 10.8. The lowest BCUT2D eigenvalue weighted by molar-refractivity contribution is 0.101. The van der Waals surface area contributed by atoms with E-state index in [0.29, 0.717) is 35.4 Å². The van der Waals surface area contributed by atoms with Gasteiger partial charge in [0.15, 0.2) is 17.3 Å². The number of halogens is 1. The molecule has 0 spiro atoms. The highest BCUT2D eigenvalue weighted by molar-refractivity contribution is 7.13. The maximum Gasteiger partial charge on any atom is 0.179 e. The quantitative estimate of drug-likeness (QED) is 0.791. The molecule has 0 saturated heterocycles. The number of hydrogen-bond donors (Lipinski definition) is 0. The summed E-state index contributed by atoms with van der Waals surface area (Å²) in [7, 11) is 0. The Hall–Kier alpha value is -1.59. The molecule has 2 aromatic rings. The molecule has 0 fully saturated rings. The van der Waals surface area contributed by atoms with Crippen molar-refractivity contribution >= 4 is 28.7 Å². The minimum absolute atomic E-state index is 0.0482. The Kier molecular flexibility index (Phi) is 3.63. The van der Waals surface area contributed by atoms with Crippen molar-refractivity contribution in [3.63, 3.8) is 0 Å². The first-order valence-electron chi connectivity index (χ1n) is 6.21. The fourth-order valence-electron chi connectivity index (χ4n) is 1.92. The molecule has 1 aromatic carbocycles. The summed E-state index contributed by atoms with van der Waals surface area (Å²) in [4.78, 5) is 15.6. The van der Waals surface area contributed by atoms with Crippen LogP contribution in [0.25, 0.3) is 10.6 Å². The molecule has 0 radical (unpaired) electrons. The summed E-state index contributed by atoms with van der Waals surface area (Å²) in [5.41, 5.74) is 1.30. The highest BCUT2D eigenvalue weighted by Crippen LogP contribution is 2.41. The maximum atomic E-state index is 11.3. The lowest BCUT2D eigenvalue weighted by atomic mass is 10.2. The second-order valence-electron chi connectivity index (χ2n) is 4.43. The number of Topliss-reactive ketones (excluding diaryl/α,β-unsaturated/α-hetero) is 1. The minimum atomic E-state index is -0.0482. The number of rotatable bonds is 2. The van der Waals surface area contributed by atoms with E-state index in [4.69, 9.17) is 21.1 Å². The van der Waals surface area contributed by atoms with Crippen LogP contribution in [0.3, 0.4) is 0 Å². The topological polar surface area (TPSA) is 48.4 Å². The van der Waals surface area contributed by atoms with Gasteiger partial charge < -0.3 is 9.47 Å². The molecular formula is C14H12ClNO3S. The molecule has 1 aliphatic heterocycles. The van der Waals surface area contributed by atoms with E-state index < -0.39 is 0 Å². The molecule has 1 aliphatic rings.